The lowest BCUT2D eigenvalue weighted by Gasteiger charge is -2.38. The number of amides is 1. The highest BCUT2D eigenvalue weighted by Crippen LogP contribution is 2.42. The Morgan fingerprint density at radius 3 is 1.70 bits per heavy atom. The van der Waals surface area contributed by atoms with Gasteiger partial charge in [0.2, 0.25) is 0 Å². The van der Waals surface area contributed by atoms with Gasteiger partial charge in [-0.2, -0.15) is 0 Å². The summed E-state index contributed by atoms with van der Waals surface area (Å²) in [5, 5.41) is 0. The number of carbonyl (C=O) groups excluding carboxylic acids is 1. The molecular formula is C34H33NO5. The quantitative estimate of drug-likeness (QED) is 0.175. The Balaban J connectivity index is 1.54. The molecule has 1 heterocycles. The number of methoxy groups -OCH3 is 3. The molecule has 0 spiro atoms. The first-order valence-electron chi connectivity index (χ1n) is 13.2. The van der Waals surface area contributed by atoms with E-state index in [0.29, 0.717) is 11.5 Å². The van der Waals surface area contributed by atoms with E-state index in [0.717, 1.165) is 22.3 Å². The maximum Gasteiger partial charge on any atom is 0.410 e. The molecule has 1 amide bonds. The summed E-state index contributed by atoms with van der Waals surface area (Å²) in [4.78, 5) is 14.9. The van der Waals surface area contributed by atoms with Crippen LogP contribution >= 0.6 is 0 Å². The smallest absolute Gasteiger partial charge is 0.410 e. The van der Waals surface area contributed by atoms with E-state index in [9.17, 15) is 4.79 Å². The van der Waals surface area contributed by atoms with Crippen LogP contribution in [-0.2, 0) is 15.1 Å². The zero-order valence-electron chi connectivity index (χ0n) is 22.9. The molecule has 0 bridgehead atoms. The third kappa shape index (κ3) is 5.06. The van der Waals surface area contributed by atoms with Gasteiger partial charge in [0.25, 0.3) is 0 Å². The van der Waals surface area contributed by atoms with Crippen LogP contribution in [0.4, 0.5) is 4.79 Å². The van der Waals surface area contributed by atoms with Gasteiger partial charge in [-0.3, -0.25) is 4.90 Å². The molecule has 6 heteroatoms. The predicted molar refractivity (Wildman–Crippen MR) is 155 cm³/mol. The van der Waals surface area contributed by atoms with E-state index in [1.807, 2.05) is 84.9 Å². The highest BCUT2D eigenvalue weighted by Gasteiger charge is 2.41. The van der Waals surface area contributed by atoms with Gasteiger partial charge in [-0.15, -0.1) is 0 Å². The largest absolute Gasteiger partial charge is 0.493 e. The molecule has 2 atom stereocenters. The van der Waals surface area contributed by atoms with Gasteiger partial charge < -0.3 is 18.9 Å². The van der Waals surface area contributed by atoms with Crippen molar-refractivity contribution in [3.8, 4) is 11.5 Å². The topological polar surface area (TPSA) is 57.2 Å². The van der Waals surface area contributed by atoms with Crippen molar-refractivity contribution in [1.82, 2.24) is 4.90 Å². The lowest BCUT2D eigenvalue weighted by molar-refractivity contribution is -0.0131. The zero-order valence-corrected chi connectivity index (χ0v) is 22.9. The molecule has 1 aliphatic heterocycles. The molecule has 204 valence electrons. The van der Waals surface area contributed by atoms with Crippen LogP contribution in [-0.4, -0.2) is 45.0 Å². The van der Waals surface area contributed by atoms with Gasteiger partial charge in [0.15, 0.2) is 11.5 Å². The number of hydrogen-bond donors (Lipinski definition) is 0. The Hall–Kier alpha value is -4.55. The van der Waals surface area contributed by atoms with Crippen LogP contribution in [0.1, 0.15) is 28.3 Å². The van der Waals surface area contributed by atoms with Crippen LogP contribution in [0.5, 0.6) is 11.5 Å². The number of nitrogens with zero attached hydrogens (tertiary/aromatic N) is 1. The van der Waals surface area contributed by atoms with Crippen molar-refractivity contribution in [1.29, 1.82) is 0 Å². The Morgan fingerprint density at radius 1 is 0.700 bits per heavy atom. The lowest BCUT2D eigenvalue weighted by atomic mass is 9.80. The van der Waals surface area contributed by atoms with E-state index >= 15 is 0 Å². The number of carbonyl (C=O) groups is 1. The van der Waals surface area contributed by atoms with Crippen LogP contribution in [0.25, 0.3) is 0 Å². The van der Waals surface area contributed by atoms with Gasteiger partial charge in [0.05, 0.1) is 40.0 Å². The Morgan fingerprint density at radius 2 is 1.23 bits per heavy atom. The monoisotopic (exact) mass is 535 g/mol. The summed E-state index contributed by atoms with van der Waals surface area (Å²) in [5.41, 5.74) is 2.96. The summed E-state index contributed by atoms with van der Waals surface area (Å²) < 4.78 is 23.2. The normalized spacial score (nSPS) is 16.5. The van der Waals surface area contributed by atoms with Crippen molar-refractivity contribution < 1.29 is 23.7 Å². The number of ether oxygens (including phenoxy) is 4. The fourth-order valence-corrected chi connectivity index (χ4v) is 5.40. The highest BCUT2D eigenvalue weighted by atomic mass is 16.5. The van der Waals surface area contributed by atoms with Crippen LogP contribution in [0, 0.1) is 0 Å². The second-order valence-electron chi connectivity index (χ2n) is 9.48. The predicted octanol–water partition coefficient (Wildman–Crippen LogP) is 6.76. The molecular weight excluding hydrogens is 502 g/mol. The summed E-state index contributed by atoms with van der Waals surface area (Å²) in [6, 6.07) is 35.5. The Labute approximate surface area is 235 Å². The van der Waals surface area contributed by atoms with Gasteiger partial charge in [-0.05, 0) is 34.4 Å². The molecule has 4 aromatic rings. The maximum atomic E-state index is 13.2. The first kappa shape index (κ1) is 27.0. The summed E-state index contributed by atoms with van der Waals surface area (Å²) in [5.74, 6) is 1.21. The number of rotatable bonds is 9. The van der Waals surface area contributed by atoms with Crippen LogP contribution in [0.3, 0.4) is 0 Å². The average molecular weight is 536 g/mol. The third-order valence-electron chi connectivity index (χ3n) is 7.32. The molecule has 0 aliphatic carbocycles. The van der Waals surface area contributed by atoms with E-state index in [-0.39, 0.29) is 18.7 Å². The fraction of sp³-hybridized carbons (Fsp3) is 0.206. The van der Waals surface area contributed by atoms with Crippen molar-refractivity contribution in [2.24, 2.45) is 0 Å². The fourth-order valence-electron chi connectivity index (χ4n) is 5.40. The SMILES string of the molecule is COC(=O)N1[C@H](COC(c2ccccc2)(c2ccccc2)c2ccccc2)C=C[C@H]1c1ccc(OC)c(OC)c1. The molecule has 0 unspecified atom stereocenters. The zero-order chi connectivity index (χ0) is 28.0. The summed E-state index contributed by atoms with van der Waals surface area (Å²) in [6.07, 6.45) is 3.56. The molecule has 0 radical (unpaired) electrons. The van der Waals surface area contributed by atoms with E-state index in [4.69, 9.17) is 18.9 Å². The maximum absolute atomic E-state index is 13.2. The lowest BCUT2D eigenvalue weighted by Crippen LogP contribution is -2.43. The Kier molecular flexibility index (Phi) is 8.18. The van der Waals surface area contributed by atoms with Crippen molar-refractivity contribution in [3.05, 3.63) is 144 Å². The second kappa shape index (κ2) is 12.1. The molecule has 5 rings (SSSR count). The van der Waals surface area contributed by atoms with Crippen molar-refractivity contribution >= 4 is 6.09 Å². The summed E-state index contributed by atoms with van der Waals surface area (Å²) in [7, 11) is 4.59. The summed E-state index contributed by atoms with van der Waals surface area (Å²) >= 11 is 0. The van der Waals surface area contributed by atoms with Gasteiger partial charge in [-0.25, -0.2) is 4.79 Å². The highest BCUT2D eigenvalue weighted by molar-refractivity contribution is 5.70. The van der Waals surface area contributed by atoms with Crippen molar-refractivity contribution in [2.45, 2.75) is 17.7 Å². The first-order valence-corrected chi connectivity index (χ1v) is 13.2. The molecule has 4 aromatic carbocycles. The molecule has 0 fully saturated rings. The average Bonchev–Trinajstić information content (AvgIpc) is 3.46. The van der Waals surface area contributed by atoms with Gasteiger partial charge in [-0.1, -0.05) is 109 Å². The minimum Gasteiger partial charge on any atom is -0.493 e. The van der Waals surface area contributed by atoms with Gasteiger partial charge >= 0.3 is 6.09 Å². The van der Waals surface area contributed by atoms with E-state index in [1.54, 1.807) is 19.1 Å². The molecule has 0 saturated heterocycles. The summed E-state index contributed by atoms with van der Waals surface area (Å²) in [6.45, 7) is 0.230. The minimum absolute atomic E-state index is 0.230. The second-order valence-corrected chi connectivity index (χ2v) is 9.48. The van der Waals surface area contributed by atoms with Gasteiger partial charge in [0, 0.05) is 0 Å². The molecule has 0 saturated carbocycles. The van der Waals surface area contributed by atoms with Crippen molar-refractivity contribution in [3.63, 3.8) is 0 Å². The number of hydrogen-bond acceptors (Lipinski definition) is 5. The number of benzene rings is 4. The standard InChI is InChI=1S/C34H33NO5/c1-37-31-22-19-25(23-32(31)38-2)30-21-20-29(35(30)33(36)39-3)24-40-34(26-13-7-4-8-14-26,27-15-9-5-10-16-27)28-17-11-6-12-18-28/h4-23,29-30H,24H2,1-3H3/t29-,30-/m0/s1. The van der Waals surface area contributed by atoms with Gasteiger partial charge in [0.1, 0.15) is 5.60 Å². The van der Waals surface area contributed by atoms with Crippen LogP contribution < -0.4 is 9.47 Å². The Bertz CT molecular complexity index is 1340. The molecule has 0 aromatic heterocycles. The third-order valence-corrected chi connectivity index (χ3v) is 7.32. The first-order chi connectivity index (χ1) is 19.6. The van der Waals surface area contributed by atoms with Crippen LogP contribution in [0.15, 0.2) is 121 Å². The molecule has 6 nitrogen and oxygen atoms in total. The van der Waals surface area contributed by atoms with Crippen LogP contribution in [0.2, 0.25) is 0 Å². The molecule has 1 aliphatic rings. The van der Waals surface area contributed by atoms with E-state index in [1.165, 1.54) is 7.11 Å². The minimum atomic E-state index is -0.902. The van der Waals surface area contributed by atoms with E-state index < -0.39 is 11.7 Å². The molecule has 40 heavy (non-hydrogen) atoms. The van der Waals surface area contributed by atoms with E-state index in [2.05, 4.69) is 36.4 Å². The molecule has 0 N–H and O–H groups in total. The van der Waals surface area contributed by atoms with Crippen molar-refractivity contribution in [2.75, 3.05) is 27.9 Å².